The van der Waals surface area contributed by atoms with Gasteiger partial charge in [-0.1, -0.05) is 13.5 Å². The lowest BCUT2D eigenvalue weighted by Gasteiger charge is -1.84. The van der Waals surface area contributed by atoms with E-state index in [-0.39, 0.29) is 0 Å². The fourth-order valence-electron chi connectivity index (χ4n) is 0.887. The minimum absolute atomic E-state index is 0.389. The second-order valence-corrected chi connectivity index (χ2v) is 2.35. The van der Waals surface area contributed by atoms with Crippen LogP contribution in [-0.4, -0.2) is 12.2 Å². The topological polar surface area (TPSA) is 12.5 Å². The largest absolute Gasteiger partial charge is 0.365 e. The van der Waals surface area contributed by atoms with E-state index in [0.717, 1.165) is 12.0 Å². The third kappa shape index (κ3) is 0.920. The summed E-state index contributed by atoms with van der Waals surface area (Å²) in [5, 5.41) is 0. The molecule has 1 rings (SSSR count). The van der Waals surface area contributed by atoms with Crippen molar-refractivity contribution in [3.05, 3.63) is 12.2 Å². The van der Waals surface area contributed by atoms with Crippen molar-refractivity contribution in [2.24, 2.45) is 0 Å². The number of hydrogen-bond donors (Lipinski definition) is 0. The fraction of sp³-hybridized carbons (Fsp3) is 0.714. The van der Waals surface area contributed by atoms with Gasteiger partial charge in [-0.3, -0.25) is 0 Å². The molecule has 0 radical (unpaired) electrons. The molecule has 1 heteroatoms. The van der Waals surface area contributed by atoms with Crippen molar-refractivity contribution in [1.29, 1.82) is 0 Å². The van der Waals surface area contributed by atoms with Crippen molar-refractivity contribution in [2.45, 2.75) is 32.5 Å². The summed E-state index contributed by atoms with van der Waals surface area (Å²) in [4.78, 5) is 0. The van der Waals surface area contributed by atoms with Gasteiger partial charge < -0.3 is 4.74 Å². The molecule has 46 valence electrons. The monoisotopic (exact) mass is 112 g/mol. The summed E-state index contributed by atoms with van der Waals surface area (Å²) < 4.78 is 5.23. The molecule has 0 aliphatic carbocycles. The van der Waals surface area contributed by atoms with Gasteiger partial charge in [0.2, 0.25) is 0 Å². The van der Waals surface area contributed by atoms with E-state index in [0.29, 0.717) is 12.2 Å². The van der Waals surface area contributed by atoms with Gasteiger partial charge in [-0.05, 0) is 18.9 Å². The highest BCUT2D eigenvalue weighted by molar-refractivity contribution is 5.09. The van der Waals surface area contributed by atoms with Crippen molar-refractivity contribution in [2.75, 3.05) is 0 Å². The van der Waals surface area contributed by atoms with E-state index in [1.54, 1.807) is 0 Å². The Morgan fingerprint density at radius 2 is 2.38 bits per heavy atom. The van der Waals surface area contributed by atoms with E-state index in [4.69, 9.17) is 4.74 Å². The van der Waals surface area contributed by atoms with Crippen LogP contribution in [0.25, 0.3) is 0 Å². The van der Waals surface area contributed by atoms with E-state index in [2.05, 4.69) is 13.5 Å². The van der Waals surface area contributed by atoms with Crippen LogP contribution in [0.4, 0.5) is 0 Å². The normalized spacial score (nSPS) is 34.8. The SMILES string of the molecule is C=C(C)[C@@H]1O[C@H]1CC. The molecule has 0 spiro atoms. The predicted octanol–water partition coefficient (Wildman–Crippen LogP) is 1.74. The first-order chi connectivity index (χ1) is 3.75. The molecule has 0 aromatic carbocycles. The van der Waals surface area contributed by atoms with Crippen molar-refractivity contribution < 1.29 is 4.74 Å². The number of epoxide rings is 1. The molecule has 0 N–H and O–H groups in total. The van der Waals surface area contributed by atoms with Crippen LogP contribution in [0, 0.1) is 0 Å². The molecule has 0 bridgehead atoms. The van der Waals surface area contributed by atoms with Gasteiger partial charge in [0, 0.05) is 0 Å². The van der Waals surface area contributed by atoms with Crippen LogP contribution in [0.3, 0.4) is 0 Å². The first-order valence-electron chi connectivity index (χ1n) is 3.06. The Bertz CT molecular complexity index is 107. The summed E-state index contributed by atoms with van der Waals surface area (Å²) >= 11 is 0. The molecular weight excluding hydrogens is 100 g/mol. The van der Waals surface area contributed by atoms with Gasteiger partial charge in [-0.25, -0.2) is 0 Å². The Kier molecular flexibility index (Phi) is 1.39. The predicted molar refractivity (Wildman–Crippen MR) is 33.8 cm³/mol. The lowest BCUT2D eigenvalue weighted by Crippen LogP contribution is -1.90. The standard InChI is InChI=1S/C7H12O/c1-4-6-7(8-6)5(2)3/h6-7H,2,4H2,1,3H3/t6-,7-/m0/s1. The van der Waals surface area contributed by atoms with Crippen LogP contribution in [0.2, 0.25) is 0 Å². The van der Waals surface area contributed by atoms with Crippen LogP contribution in [0.5, 0.6) is 0 Å². The third-order valence-electron chi connectivity index (χ3n) is 1.47. The second-order valence-electron chi connectivity index (χ2n) is 2.35. The smallest absolute Gasteiger partial charge is 0.105 e. The molecule has 0 saturated carbocycles. The molecular formula is C7H12O. The molecule has 1 heterocycles. The Labute approximate surface area is 50.3 Å². The molecule has 1 saturated heterocycles. The van der Waals surface area contributed by atoms with Crippen LogP contribution in [-0.2, 0) is 4.74 Å². The van der Waals surface area contributed by atoms with Crippen molar-refractivity contribution in [1.82, 2.24) is 0 Å². The van der Waals surface area contributed by atoms with Crippen molar-refractivity contribution in [3.63, 3.8) is 0 Å². The summed E-state index contributed by atoms with van der Waals surface area (Å²) in [5.41, 5.74) is 1.16. The molecule has 0 aromatic rings. The molecule has 8 heavy (non-hydrogen) atoms. The lowest BCUT2D eigenvalue weighted by molar-refractivity contribution is 0.380. The van der Waals surface area contributed by atoms with E-state index in [9.17, 15) is 0 Å². The first kappa shape index (κ1) is 5.83. The van der Waals surface area contributed by atoms with Gasteiger partial charge in [0.05, 0.1) is 6.10 Å². The minimum atomic E-state index is 0.389. The summed E-state index contributed by atoms with van der Waals surface area (Å²) in [7, 11) is 0. The number of rotatable bonds is 2. The van der Waals surface area contributed by atoms with Gasteiger partial charge in [0.25, 0.3) is 0 Å². The lowest BCUT2D eigenvalue weighted by atomic mass is 10.2. The molecule has 0 unspecified atom stereocenters. The van der Waals surface area contributed by atoms with Crippen LogP contribution in [0.15, 0.2) is 12.2 Å². The summed E-state index contributed by atoms with van der Waals surface area (Å²) in [6.07, 6.45) is 2.00. The maximum Gasteiger partial charge on any atom is 0.105 e. The highest BCUT2D eigenvalue weighted by Gasteiger charge is 2.36. The Morgan fingerprint density at radius 1 is 1.75 bits per heavy atom. The van der Waals surface area contributed by atoms with Crippen molar-refractivity contribution >= 4 is 0 Å². The zero-order valence-corrected chi connectivity index (χ0v) is 5.48. The highest BCUT2D eigenvalue weighted by atomic mass is 16.6. The zero-order chi connectivity index (χ0) is 6.15. The summed E-state index contributed by atoms with van der Waals surface area (Å²) in [5.74, 6) is 0. The average molecular weight is 112 g/mol. The molecule has 1 aliphatic rings. The minimum Gasteiger partial charge on any atom is -0.365 e. The third-order valence-corrected chi connectivity index (χ3v) is 1.47. The van der Waals surface area contributed by atoms with E-state index in [1.165, 1.54) is 0 Å². The molecule has 1 aliphatic heterocycles. The Hall–Kier alpha value is -0.300. The van der Waals surface area contributed by atoms with Gasteiger partial charge in [-0.15, -0.1) is 0 Å². The van der Waals surface area contributed by atoms with Crippen LogP contribution < -0.4 is 0 Å². The fourth-order valence-corrected chi connectivity index (χ4v) is 0.887. The van der Waals surface area contributed by atoms with Crippen LogP contribution >= 0.6 is 0 Å². The van der Waals surface area contributed by atoms with Crippen LogP contribution in [0.1, 0.15) is 20.3 Å². The molecule has 2 atom stereocenters. The quantitative estimate of drug-likeness (QED) is 0.391. The summed E-state index contributed by atoms with van der Waals surface area (Å²) in [6, 6.07) is 0. The average Bonchev–Trinajstić information content (AvgIpc) is 2.42. The molecule has 0 amide bonds. The Balaban J connectivity index is 2.26. The van der Waals surface area contributed by atoms with E-state index in [1.807, 2.05) is 6.92 Å². The zero-order valence-electron chi connectivity index (χ0n) is 5.48. The first-order valence-corrected chi connectivity index (χ1v) is 3.06. The van der Waals surface area contributed by atoms with E-state index >= 15 is 0 Å². The van der Waals surface area contributed by atoms with E-state index < -0.39 is 0 Å². The molecule has 0 aromatic heterocycles. The second kappa shape index (κ2) is 1.90. The van der Waals surface area contributed by atoms with Gasteiger partial charge in [0.1, 0.15) is 6.10 Å². The van der Waals surface area contributed by atoms with Gasteiger partial charge in [0.15, 0.2) is 0 Å². The summed E-state index contributed by atoms with van der Waals surface area (Å²) in [6.45, 7) is 7.94. The maximum absolute atomic E-state index is 5.23. The van der Waals surface area contributed by atoms with Crippen molar-refractivity contribution in [3.8, 4) is 0 Å². The Morgan fingerprint density at radius 3 is 2.50 bits per heavy atom. The maximum atomic E-state index is 5.23. The number of hydrogen-bond acceptors (Lipinski definition) is 1. The number of ether oxygens (including phenoxy) is 1. The van der Waals surface area contributed by atoms with Gasteiger partial charge in [-0.2, -0.15) is 0 Å². The highest BCUT2D eigenvalue weighted by Crippen LogP contribution is 2.29. The molecule has 1 fully saturated rings. The van der Waals surface area contributed by atoms with Gasteiger partial charge >= 0.3 is 0 Å². The molecule has 1 nitrogen and oxygen atoms in total.